The lowest BCUT2D eigenvalue weighted by molar-refractivity contribution is 0.836. The van der Waals surface area contributed by atoms with Crippen LogP contribution in [0.25, 0.3) is 16.8 Å². The largest absolute Gasteiger partial charge is 0.325 e. The van der Waals surface area contributed by atoms with Gasteiger partial charge in [-0.2, -0.15) is 5.26 Å². The van der Waals surface area contributed by atoms with Gasteiger partial charge >= 0.3 is 0 Å². The summed E-state index contributed by atoms with van der Waals surface area (Å²) >= 11 is 3.56. The van der Waals surface area contributed by atoms with Crippen molar-refractivity contribution in [3.63, 3.8) is 0 Å². The van der Waals surface area contributed by atoms with Crippen LogP contribution in [-0.4, -0.2) is 14.0 Å². The van der Waals surface area contributed by atoms with Gasteiger partial charge in [-0.15, -0.1) is 0 Å². The number of aryl methyl sites for hydroxylation is 1. The Balaban J connectivity index is 2.48. The van der Waals surface area contributed by atoms with Crippen LogP contribution < -0.4 is 5.73 Å². The Kier molecular flexibility index (Phi) is 2.40. The fraction of sp³-hybridized carbons (Fsp3) is 0.167. The minimum absolute atomic E-state index is 0.443. The number of hydrogen-bond acceptors (Lipinski definition) is 3. The van der Waals surface area contributed by atoms with E-state index >= 15 is 0 Å². The number of halogens is 1. The van der Waals surface area contributed by atoms with Gasteiger partial charge in [0.05, 0.1) is 28.4 Å². The second-order valence-electron chi connectivity index (χ2n) is 4.06. The maximum atomic E-state index is 8.90. The van der Waals surface area contributed by atoms with Crippen LogP contribution in [0.5, 0.6) is 0 Å². The summed E-state index contributed by atoms with van der Waals surface area (Å²) in [6.45, 7) is 0.443. The second-order valence-corrected chi connectivity index (χ2v) is 4.81. The molecule has 0 bridgehead atoms. The molecule has 0 saturated heterocycles. The molecule has 18 heavy (non-hydrogen) atoms. The summed E-state index contributed by atoms with van der Waals surface area (Å²) in [5.41, 5.74) is 9.10. The maximum absolute atomic E-state index is 8.90. The van der Waals surface area contributed by atoms with Gasteiger partial charge in [0.15, 0.2) is 0 Å². The van der Waals surface area contributed by atoms with Crippen molar-refractivity contribution in [3.05, 3.63) is 34.1 Å². The van der Waals surface area contributed by atoms with E-state index in [1.165, 1.54) is 0 Å². The van der Waals surface area contributed by atoms with Gasteiger partial charge in [-0.05, 0) is 34.1 Å². The van der Waals surface area contributed by atoms with E-state index in [2.05, 4.69) is 27.0 Å². The van der Waals surface area contributed by atoms with Crippen molar-refractivity contribution in [2.75, 3.05) is 0 Å². The molecule has 0 amide bonds. The van der Waals surface area contributed by atoms with Gasteiger partial charge in [0.25, 0.3) is 0 Å². The number of aromatic nitrogens is 3. The molecule has 2 heterocycles. The minimum Gasteiger partial charge on any atom is -0.325 e. The van der Waals surface area contributed by atoms with Crippen LogP contribution in [0, 0.1) is 11.3 Å². The quantitative estimate of drug-likeness (QED) is 0.746. The zero-order valence-corrected chi connectivity index (χ0v) is 11.3. The number of imidazole rings is 2. The second kappa shape index (κ2) is 3.83. The summed E-state index contributed by atoms with van der Waals surface area (Å²) in [5.74, 6) is 0.812. The van der Waals surface area contributed by atoms with Crippen molar-refractivity contribution < 1.29 is 0 Å². The van der Waals surface area contributed by atoms with Crippen LogP contribution in [0.1, 0.15) is 11.3 Å². The predicted octanol–water partition coefficient (Wildman–Crippen LogP) is 1.92. The van der Waals surface area contributed by atoms with E-state index in [-0.39, 0.29) is 0 Å². The summed E-state index contributed by atoms with van der Waals surface area (Å²) in [7, 11) is 1.93. The van der Waals surface area contributed by atoms with Gasteiger partial charge in [-0.1, -0.05) is 0 Å². The molecule has 0 saturated carbocycles. The number of rotatable bonds is 1. The summed E-state index contributed by atoms with van der Waals surface area (Å²) in [6, 6.07) is 7.60. The Morgan fingerprint density at radius 1 is 1.50 bits per heavy atom. The van der Waals surface area contributed by atoms with E-state index in [9.17, 15) is 0 Å². The van der Waals surface area contributed by atoms with Gasteiger partial charge in [0.2, 0.25) is 5.78 Å². The molecule has 0 fully saturated rings. The van der Waals surface area contributed by atoms with Crippen LogP contribution in [0.3, 0.4) is 0 Å². The molecule has 2 N–H and O–H groups in total. The number of hydrogen-bond donors (Lipinski definition) is 1. The first-order valence-corrected chi connectivity index (χ1v) is 6.22. The monoisotopic (exact) mass is 303 g/mol. The van der Waals surface area contributed by atoms with Crippen molar-refractivity contribution >= 4 is 32.7 Å². The Morgan fingerprint density at radius 3 is 2.94 bits per heavy atom. The Bertz CT molecular complexity index is 805. The van der Waals surface area contributed by atoms with Crippen molar-refractivity contribution in [2.24, 2.45) is 12.8 Å². The van der Waals surface area contributed by atoms with Crippen molar-refractivity contribution in [3.8, 4) is 6.07 Å². The zero-order valence-electron chi connectivity index (χ0n) is 9.68. The SMILES string of the molecule is Cn1c(CN)c(Br)n2c3ccc(C#N)cc3nc12. The zero-order chi connectivity index (χ0) is 12.9. The van der Waals surface area contributed by atoms with E-state index in [0.29, 0.717) is 12.1 Å². The Morgan fingerprint density at radius 2 is 2.28 bits per heavy atom. The Labute approximate surface area is 112 Å². The average molecular weight is 304 g/mol. The number of benzene rings is 1. The van der Waals surface area contributed by atoms with Gasteiger partial charge in [0, 0.05) is 13.6 Å². The summed E-state index contributed by atoms with van der Waals surface area (Å²) in [4.78, 5) is 4.54. The molecule has 90 valence electrons. The lowest BCUT2D eigenvalue weighted by Gasteiger charge is -1.98. The van der Waals surface area contributed by atoms with E-state index in [0.717, 1.165) is 27.1 Å². The standard InChI is InChI=1S/C12H10BrN5/c1-17-10(6-15)11(13)18-9-3-2-7(5-14)4-8(9)16-12(17)18/h2-4H,6,15H2,1H3. The first kappa shape index (κ1) is 11.3. The third-order valence-corrected chi connectivity index (χ3v) is 3.91. The lowest BCUT2D eigenvalue weighted by Crippen LogP contribution is -2.04. The first-order chi connectivity index (χ1) is 8.67. The molecule has 0 aliphatic rings. The van der Waals surface area contributed by atoms with Gasteiger partial charge in [0.1, 0.15) is 4.60 Å². The molecular weight excluding hydrogens is 294 g/mol. The van der Waals surface area contributed by atoms with Crippen LogP contribution in [-0.2, 0) is 13.6 Å². The molecule has 2 aromatic heterocycles. The molecule has 5 nitrogen and oxygen atoms in total. The van der Waals surface area contributed by atoms with E-state index < -0.39 is 0 Å². The molecule has 0 atom stereocenters. The van der Waals surface area contributed by atoms with Crippen molar-refractivity contribution in [1.29, 1.82) is 5.26 Å². The molecule has 6 heteroatoms. The Hall–Kier alpha value is -1.84. The smallest absolute Gasteiger partial charge is 0.215 e. The van der Waals surface area contributed by atoms with E-state index in [4.69, 9.17) is 11.0 Å². The highest BCUT2D eigenvalue weighted by molar-refractivity contribution is 9.10. The minimum atomic E-state index is 0.443. The van der Waals surface area contributed by atoms with Crippen LogP contribution >= 0.6 is 15.9 Å². The van der Waals surface area contributed by atoms with E-state index in [1.54, 1.807) is 12.1 Å². The molecule has 0 unspecified atom stereocenters. The maximum Gasteiger partial charge on any atom is 0.215 e. The van der Waals surface area contributed by atoms with Gasteiger partial charge in [-0.25, -0.2) is 4.98 Å². The predicted molar refractivity (Wildman–Crippen MR) is 72.0 cm³/mol. The van der Waals surface area contributed by atoms with Crippen LogP contribution in [0.15, 0.2) is 22.8 Å². The number of nitriles is 1. The number of nitrogens with zero attached hydrogens (tertiary/aromatic N) is 4. The molecule has 3 rings (SSSR count). The molecule has 1 aromatic carbocycles. The molecule has 0 spiro atoms. The van der Waals surface area contributed by atoms with Crippen LogP contribution in [0.2, 0.25) is 0 Å². The third kappa shape index (κ3) is 1.32. The van der Waals surface area contributed by atoms with Crippen molar-refractivity contribution in [1.82, 2.24) is 14.0 Å². The highest BCUT2D eigenvalue weighted by Crippen LogP contribution is 2.27. The van der Waals surface area contributed by atoms with Crippen LogP contribution in [0.4, 0.5) is 0 Å². The normalized spacial score (nSPS) is 11.2. The topological polar surface area (TPSA) is 72.0 Å². The first-order valence-electron chi connectivity index (χ1n) is 5.42. The average Bonchev–Trinajstić information content (AvgIpc) is 2.86. The number of nitrogens with two attached hydrogens (primary N) is 1. The fourth-order valence-corrected chi connectivity index (χ4v) is 2.94. The summed E-state index contributed by atoms with van der Waals surface area (Å²) in [5, 5.41) is 8.90. The lowest BCUT2D eigenvalue weighted by atomic mass is 10.2. The summed E-state index contributed by atoms with van der Waals surface area (Å²) < 4.78 is 4.86. The molecule has 3 aromatic rings. The van der Waals surface area contributed by atoms with E-state index in [1.807, 2.05) is 22.1 Å². The highest BCUT2D eigenvalue weighted by atomic mass is 79.9. The highest BCUT2D eigenvalue weighted by Gasteiger charge is 2.16. The third-order valence-electron chi connectivity index (χ3n) is 3.10. The van der Waals surface area contributed by atoms with Gasteiger partial charge < -0.3 is 10.3 Å². The van der Waals surface area contributed by atoms with Gasteiger partial charge in [-0.3, -0.25) is 4.40 Å². The molecule has 0 radical (unpaired) electrons. The number of fused-ring (bicyclic) bond motifs is 3. The fourth-order valence-electron chi connectivity index (χ4n) is 2.16. The molecule has 0 aliphatic heterocycles. The summed E-state index contributed by atoms with van der Waals surface area (Å²) in [6.07, 6.45) is 0. The molecule has 0 aliphatic carbocycles. The van der Waals surface area contributed by atoms with Crippen molar-refractivity contribution in [2.45, 2.75) is 6.54 Å². The molecular formula is C12H10BrN5.